The van der Waals surface area contributed by atoms with Crippen molar-refractivity contribution < 1.29 is 10.2 Å². The Kier molecular flexibility index (Phi) is 7.53. The minimum Gasteiger partial charge on any atom is -0.388 e. The molecule has 30 heavy (non-hydrogen) atoms. The van der Waals surface area contributed by atoms with Crippen LogP contribution in [0, 0.1) is 17.8 Å². The molecule has 0 saturated carbocycles. The molecule has 2 N–H and O–H groups in total. The molecular formula is C27H41NO2. The lowest BCUT2D eigenvalue weighted by molar-refractivity contribution is 0.0965. The summed E-state index contributed by atoms with van der Waals surface area (Å²) in [5.41, 5.74) is 5.99. The summed E-state index contributed by atoms with van der Waals surface area (Å²) >= 11 is 0. The highest BCUT2D eigenvalue weighted by atomic mass is 16.3. The molecule has 3 heteroatoms. The number of allylic oxidation sites excluding steroid dienone is 4. The first-order valence-electron chi connectivity index (χ1n) is 11.2. The number of aliphatic hydroxyl groups is 2. The summed E-state index contributed by atoms with van der Waals surface area (Å²) in [4.78, 5) is 4.98. The fourth-order valence-corrected chi connectivity index (χ4v) is 4.53. The van der Waals surface area contributed by atoms with Gasteiger partial charge >= 0.3 is 0 Å². The molecule has 0 aromatic carbocycles. The summed E-state index contributed by atoms with van der Waals surface area (Å²) in [5, 5.41) is 22.0. The molecule has 0 fully saturated rings. The predicted molar refractivity (Wildman–Crippen MR) is 127 cm³/mol. The first kappa shape index (κ1) is 24.6. The van der Waals surface area contributed by atoms with Crippen LogP contribution in [-0.2, 0) is 6.42 Å². The number of hydrogen-bond acceptors (Lipinski definition) is 3. The van der Waals surface area contributed by atoms with E-state index in [1.165, 1.54) is 5.57 Å². The molecule has 3 nitrogen and oxygen atoms in total. The highest BCUT2D eigenvalue weighted by Gasteiger charge is 2.35. The number of rotatable bonds is 6. The van der Waals surface area contributed by atoms with E-state index in [4.69, 9.17) is 4.98 Å². The molecule has 0 saturated heterocycles. The molecule has 1 heterocycles. The standard InChI is InChI=1S/C27H41NO2/c1-10-12-19(26(5,6)7)13-11-14-21(29)24-18(4)23-20(28-25(24)17(2)3)15-27(8,9)16-22(23)30/h10-13,17,21-22,29-30H,1,14-16H2,2-9H3/b13-11-,19-12+. The topological polar surface area (TPSA) is 53.4 Å². The number of nitrogens with zero attached hydrogens (tertiary/aromatic N) is 1. The zero-order valence-electron chi connectivity index (χ0n) is 20.2. The van der Waals surface area contributed by atoms with Crippen molar-refractivity contribution in [3.8, 4) is 0 Å². The van der Waals surface area contributed by atoms with E-state index >= 15 is 0 Å². The molecule has 0 amide bonds. The van der Waals surface area contributed by atoms with E-state index in [1.54, 1.807) is 6.08 Å². The average molecular weight is 412 g/mol. The van der Waals surface area contributed by atoms with Crippen molar-refractivity contribution in [1.29, 1.82) is 0 Å². The lowest BCUT2D eigenvalue weighted by Crippen LogP contribution is -2.29. The van der Waals surface area contributed by atoms with E-state index in [0.717, 1.165) is 40.9 Å². The van der Waals surface area contributed by atoms with Crippen molar-refractivity contribution in [2.45, 2.75) is 92.8 Å². The van der Waals surface area contributed by atoms with Crippen molar-refractivity contribution in [2.75, 3.05) is 0 Å². The summed E-state index contributed by atoms with van der Waals surface area (Å²) in [7, 11) is 0. The van der Waals surface area contributed by atoms with Gasteiger partial charge in [0.1, 0.15) is 0 Å². The third-order valence-corrected chi connectivity index (χ3v) is 6.08. The Morgan fingerprint density at radius 2 is 1.93 bits per heavy atom. The molecule has 1 aliphatic rings. The van der Waals surface area contributed by atoms with Gasteiger partial charge < -0.3 is 10.2 Å². The van der Waals surface area contributed by atoms with E-state index in [0.29, 0.717) is 6.42 Å². The van der Waals surface area contributed by atoms with Crippen LogP contribution in [0.3, 0.4) is 0 Å². The summed E-state index contributed by atoms with van der Waals surface area (Å²) in [6, 6.07) is 0. The van der Waals surface area contributed by atoms with Crippen molar-refractivity contribution >= 4 is 0 Å². The zero-order chi connectivity index (χ0) is 22.9. The molecule has 0 spiro atoms. The smallest absolute Gasteiger partial charge is 0.0844 e. The normalized spacial score (nSPS) is 20.5. The Balaban J connectivity index is 2.43. The van der Waals surface area contributed by atoms with Crippen LogP contribution in [0.25, 0.3) is 0 Å². The lowest BCUT2D eigenvalue weighted by atomic mass is 9.72. The van der Waals surface area contributed by atoms with Crippen molar-refractivity contribution in [1.82, 2.24) is 4.98 Å². The largest absolute Gasteiger partial charge is 0.388 e. The van der Waals surface area contributed by atoms with E-state index in [1.807, 2.05) is 19.1 Å². The molecule has 2 unspecified atom stereocenters. The molecular weight excluding hydrogens is 370 g/mol. The Bertz CT molecular complexity index is 837. The molecule has 1 aromatic heterocycles. The van der Waals surface area contributed by atoms with Gasteiger partial charge in [0.2, 0.25) is 0 Å². The first-order valence-corrected chi connectivity index (χ1v) is 11.2. The molecule has 0 aliphatic heterocycles. The molecule has 2 rings (SSSR count). The molecule has 1 aromatic rings. The van der Waals surface area contributed by atoms with Gasteiger partial charge in [-0.15, -0.1) is 0 Å². The quantitative estimate of drug-likeness (QED) is 0.515. The van der Waals surface area contributed by atoms with E-state index in [2.05, 4.69) is 61.1 Å². The highest BCUT2D eigenvalue weighted by Crippen LogP contribution is 2.44. The summed E-state index contributed by atoms with van der Waals surface area (Å²) in [6.45, 7) is 21.0. The van der Waals surface area contributed by atoms with Crippen LogP contribution >= 0.6 is 0 Å². The fraction of sp³-hybridized carbons (Fsp3) is 0.593. The fourth-order valence-electron chi connectivity index (χ4n) is 4.53. The first-order chi connectivity index (χ1) is 13.8. The van der Waals surface area contributed by atoms with E-state index in [-0.39, 0.29) is 16.7 Å². The molecule has 166 valence electrons. The van der Waals surface area contributed by atoms with Crippen LogP contribution in [-0.4, -0.2) is 15.2 Å². The van der Waals surface area contributed by atoms with Crippen LogP contribution in [0.4, 0.5) is 0 Å². The van der Waals surface area contributed by atoms with Crippen LogP contribution in [0.15, 0.2) is 36.5 Å². The number of hydrogen-bond donors (Lipinski definition) is 2. The second-order valence-electron chi connectivity index (χ2n) is 10.9. The number of fused-ring (bicyclic) bond motifs is 1. The molecule has 2 atom stereocenters. The van der Waals surface area contributed by atoms with E-state index < -0.39 is 12.2 Å². The van der Waals surface area contributed by atoms with Gasteiger partial charge in [-0.3, -0.25) is 4.98 Å². The van der Waals surface area contributed by atoms with Crippen molar-refractivity contribution in [2.24, 2.45) is 10.8 Å². The summed E-state index contributed by atoms with van der Waals surface area (Å²) in [6.07, 6.45) is 8.85. The van der Waals surface area contributed by atoms with Crippen molar-refractivity contribution in [3.63, 3.8) is 0 Å². The van der Waals surface area contributed by atoms with Crippen LogP contribution in [0.1, 0.15) is 108 Å². The van der Waals surface area contributed by atoms with Gasteiger partial charge in [0.25, 0.3) is 0 Å². The van der Waals surface area contributed by atoms with Gasteiger partial charge in [-0.25, -0.2) is 0 Å². The van der Waals surface area contributed by atoms with Crippen LogP contribution in [0.5, 0.6) is 0 Å². The number of aliphatic hydroxyl groups excluding tert-OH is 2. The minimum absolute atomic E-state index is 0.0128. The third kappa shape index (κ3) is 5.50. The minimum atomic E-state index is -0.650. The molecule has 1 aliphatic carbocycles. The highest BCUT2D eigenvalue weighted by molar-refractivity contribution is 5.45. The Labute approximate surface area is 183 Å². The second kappa shape index (κ2) is 9.20. The second-order valence-corrected chi connectivity index (χ2v) is 10.9. The van der Waals surface area contributed by atoms with Gasteiger partial charge in [0.05, 0.1) is 12.2 Å². The maximum atomic E-state index is 11.2. The van der Waals surface area contributed by atoms with Crippen LogP contribution < -0.4 is 0 Å². The number of pyridine rings is 1. The maximum Gasteiger partial charge on any atom is 0.0844 e. The lowest BCUT2D eigenvalue weighted by Gasteiger charge is -2.36. The SMILES string of the molecule is C=C/C=C(\C=C/CC(O)c1c(C(C)C)nc2c(c1C)C(O)CC(C)(C)C2)C(C)(C)C. The Hall–Kier alpha value is -1.71. The monoisotopic (exact) mass is 411 g/mol. The van der Waals surface area contributed by atoms with Gasteiger partial charge in [-0.2, -0.15) is 0 Å². The Morgan fingerprint density at radius 3 is 2.47 bits per heavy atom. The van der Waals surface area contributed by atoms with Gasteiger partial charge in [-0.05, 0) is 54.1 Å². The zero-order valence-corrected chi connectivity index (χ0v) is 20.2. The van der Waals surface area contributed by atoms with Crippen LogP contribution in [0.2, 0.25) is 0 Å². The van der Waals surface area contributed by atoms with Gasteiger partial charge in [-0.1, -0.05) is 79.3 Å². The Morgan fingerprint density at radius 1 is 1.30 bits per heavy atom. The number of aromatic nitrogens is 1. The van der Waals surface area contributed by atoms with Gasteiger partial charge in [0, 0.05) is 22.5 Å². The third-order valence-electron chi connectivity index (χ3n) is 6.08. The van der Waals surface area contributed by atoms with Crippen molar-refractivity contribution in [3.05, 3.63) is 64.5 Å². The van der Waals surface area contributed by atoms with Gasteiger partial charge in [0.15, 0.2) is 0 Å². The maximum absolute atomic E-state index is 11.2. The molecule has 0 bridgehead atoms. The van der Waals surface area contributed by atoms with E-state index in [9.17, 15) is 10.2 Å². The summed E-state index contributed by atoms with van der Waals surface area (Å²) in [5.74, 6) is 0.204. The molecule has 0 radical (unpaired) electrons. The predicted octanol–water partition coefficient (Wildman–Crippen LogP) is 6.66. The summed E-state index contributed by atoms with van der Waals surface area (Å²) < 4.78 is 0. The average Bonchev–Trinajstić information content (AvgIpc) is 2.57.